The second-order valence-electron chi connectivity index (χ2n) is 9.61. The van der Waals surface area contributed by atoms with Gasteiger partial charge in [0.05, 0.1) is 25.3 Å². The summed E-state index contributed by atoms with van der Waals surface area (Å²) in [5.74, 6) is 2.43. The zero-order valence-electron chi connectivity index (χ0n) is 21.9. The average Bonchev–Trinajstić information content (AvgIpc) is 3.59. The first-order valence-corrected chi connectivity index (χ1v) is 13.8. The standard InChI is InChI=1S/C29H32BrN3O6/c1-21-6-8-23(39-21)18-33(17-22-7-9-26-27(16-22)38-20-37-26)28(34)19-32(11-10-31-12-14-36-15-13-31)29(35)24-4-2-3-5-25(24)30/h2-9,16H,10-15,17-20H2,1H3. The summed E-state index contributed by atoms with van der Waals surface area (Å²) < 4.78 is 22.9. The number of hydrogen-bond donors (Lipinski definition) is 0. The SMILES string of the molecule is Cc1ccc(CN(Cc2ccc3c(c2)OCO3)C(=O)CN(CCN2CCOCC2)C(=O)c2ccccc2Br)o1. The van der Waals surface area contributed by atoms with Crippen LogP contribution in [-0.4, -0.2) is 79.2 Å². The number of morpholine rings is 1. The van der Waals surface area contributed by atoms with Crippen LogP contribution in [0.2, 0.25) is 0 Å². The number of furan rings is 1. The summed E-state index contributed by atoms with van der Waals surface area (Å²) >= 11 is 3.50. The smallest absolute Gasteiger partial charge is 0.255 e. The van der Waals surface area contributed by atoms with Gasteiger partial charge >= 0.3 is 0 Å². The summed E-state index contributed by atoms with van der Waals surface area (Å²) in [5.41, 5.74) is 1.42. The van der Waals surface area contributed by atoms with Gasteiger partial charge in [0.15, 0.2) is 11.5 Å². The molecule has 0 aliphatic carbocycles. The van der Waals surface area contributed by atoms with Crippen LogP contribution in [0.5, 0.6) is 11.5 Å². The Hall–Kier alpha value is -3.34. The zero-order valence-corrected chi connectivity index (χ0v) is 23.5. The molecule has 9 nitrogen and oxygen atoms in total. The average molecular weight is 598 g/mol. The maximum Gasteiger partial charge on any atom is 0.255 e. The molecule has 10 heteroatoms. The molecular weight excluding hydrogens is 566 g/mol. The summed E-state index contributed by atoms with van der Waals surface area (Å²) in [6, 6.07) is 16.7. The Morgan fingerprint density at radius 3 is 2.51 bits per heavy atom. The number of rotatable bonds is 10. The lowest BCUT2D eigenvalue weighted by atomic mass is 10.1. The molecule has 1 fully saturated rings. The summed E-state index contributed by atoms with van der Waals surface area (Å²) in [6.45, 7) is 6.63. The first-order valence-electron chi connectivity index (χ1n) is 13.0. The van der Waals surface area contributed by atoms with Crippen molar-refractivity contribution in [2.45, 2.75) is 20.0 Å². The Bertz CT molecular complexity index is 1310. The molecule has 3 aromatic rings. The van der Waals surface area contributed by atoms with E-state index in [1.165, 1.54) is 0 Å². The highest BCUT2D eigenvalue weighted by atomic mass is 79.9. The second-order valence-corrected chi connectivity index (χ2v) is 10.5. The largest absolute Gasteiger partial charge is 0.464 e. The lowest BCUT2D eigenvalue weighted by molar-refractivity contribution is -0.133. The number of fused-ring (bicyclic) bond motifs is 1. The monoisotopic (exact) mass is 597 g/mol. The van der Waals surface area contributed by atoms with Crippen molar-refractivity contribution in [2.24, 2.45) is 0 Å². The van der Waals surface area contributed by atoms with Crippen molar-refractivity contribution >= 4 is 27.7 Å². The lowest BCUT2D eigenvalue weighted by Crippen LogP contribution is -2.47. The van der Waals surface area contributed by atoms with Crippen LogP contribution in [-0.2, 0) is 22.6 Å². The van der Waals surface area contributed by atoms with Gasteiger partial charge in [-0.2, -0.15) is 0 Å². The van der Waals surface area contributed by atoms with Gasteiger partial charge in [-0.1, -0.05) is 18.2 Å². The predicted octanol–water partition coefficient (Wildman–Crippen LogP) is 4.08. The number of halogens is 1. The molecule has 2 aliphatic rings. The predicted molar refractivity (Wildman–Crippen MR) is 148 cm³/mol. The molecule has 2 aromatic carbocycles. The molecule has 0 N–H and O–H groups in total. The van der Waals surface area contributed by atoms with Crippen LogP contribution < -0.4 is 9.47 Å². The summed E-state index contributed by atoms with van der Waals surface area (Å²) in [7, 11) is 0. The number of aryl methyl sites for hydroxylation is 1. The molecule has 3 heterocycles. The summed E-state index contributed by atoms with van der Waals surface area (Å²) in [4.78, 5) is 33.1. The number of hydrogen-bond acceptors (Lipinski definition) is 7. The Balaban J connectivity index is 1.36. The van der Waals surface area contributed by atoms with Crippen molar-refractivity contribution in [2.75, 3.05) is 52.7 Å². The van der Waals surface area contributed by atoms with E-state index < -0.39 is 0 Å². The quantitative estimate of drug-likeness (QED) is 0.348. The van der Waals surface area contributed by atoms with Crippen LogP contribution in [0.25, 0.3) is 0 Å². The maximum atomic E-state index is 13.9. The van der Waals surface area contributed by atoms with Gasteiger partial charge in [-0.25, -0.2) is 0 Å². The van der Waals surface area contributed by atoms with Crippen molar-refractivity contribution in [3.8, 4) is 11.5 Å². The Kier molecular flexibility index (Phi) is 8.85. The molecule has 0 unspecified atom stereocenters. The first kappa shape index (κ1) is 27.2. The summed E-state index contributed by atoms with van der Waals surface area (Å²) in [6.07, 6.45) is 0. The number of carbonyl (C=O) groups excluding carboxylic acids is 2. The van der Waals surface area contributed by atoms with Crippen LogP contribution >= 0.6 is 15.9 Å². The normalized spacial score (nSPS) is 14.8. The molecule has 5 rings (SSSR count). The number of carbonyl (C=O) groups is 2. The minimum absolute atomic E-state index is 0.0608. The Morgan fingerprint density at radius 1 is 0.949 bits per heavy atom. The van der Waals surface area contributed by atoms with E-state index in [-0.39, 0.29) is 31.7 Å². The number of benzene rings is 2. The van der Waals surface area contributed by atoms with Crippen molar-refractivity contribution in [1.29, 1.82) is 0 Å². The van der Waals surface area contributed by atoms with E-state index >= 15 is 0 Å². The molecule has 39 heavy (non-hydrogen) atoms. The third kappa shape index (κ3) is 7.00. The van der Waals surface area contributed by atoms with Crippen molar-refractivity contribution in [3.05, 3.63) is 81.7 Å². The zero-order chi connectivity index (χ0) is 27.2. The van der Waals surface area contributed by atoms with E-state index in [2.05, 4.69) is 20.8 Å². The minimum Gasteiger partial charge on any atom is -0.464 e. The van der Waals surface area contributed by atoms with Crippen molar-refractivity contribution in [1.82, 2.24) is 14.7 Å². The molecule has 0 bridgehead atoms. The molecule has 0 atom stereocenters. The van der Waals surface area contributed by atoms with Gasteiger partial charge in [-0.15, -0.1) is 0 Å². The van der Waals surface area contributed by atoms with E-state index in [1.54, 1.807) is 15.9 Å². The number of ether oxygens (including phenoxy) is 3. The fourth-order valence-electron chi connectivity index (χ4n) is 4.66. The highest BCUT2D eigenvalue weighted by molar-refractivity contribution is 9.10. The van der Waals surface area contributed by atoms with E-state index in [9.17, 15) is 9.59 Å². The van der Waals surface area contributed by atoms with Gasteiger partial charge in [-0.3, -0.25) is 14.5 Å². The Labute approximate surface area is 236 Å². The van der Waals surface area contributed by atoms with Crippen LogP contribution in [0.4, 0.5) is 0 Å². The Morgan fingerprint density at radius 2 is 1.74 bits per heavy atom. The van der Waals surface area contributed by atoms with Gasteiger partial charge in [0.2, 0.25) is 12.7 Å². The van der Waals surface area contributed by atoms with Crippen LogP contribution in [0.3, 0.4) is 0 Å². The van der Waals surface area contributed by atoms with E-state index in [0.29, 0.717) is 60.1 Å². The van der Waals surface area contributed by atoms with Crippen molar-refractivity contribution < 1.29 is 28.2 Å². The molecular formula is C29H32BrN3O6. The van der Waals surface area contributed by atoms with Crippen LogP contribution in [0.15, 0.2) is 63.5 Å². The maximum absolute atomic E-state index is 13.9. The fraction of sp³-hybridized carbons (Fsp3) is 0.379. The van der Waals surface area contributed by atoms with Gasteiger partial charge in [-0.05, 0) is 64.8 Å². The molecule has 206 valence electrons. The van der Waals surface area contributed by atoms with Crippen LogP contribution in [0.1, 0.15) is 27.4 Å². The third-order valence-corrected chi connectivity index (χ3v) is 7.50. The van der Waals surface area contributed by atoms with Crippen LogP contribution in [0, 0.1) is 6.92 Å². The second kappa shape index (κ2) is 12.7. The van der Waals surface area contributed by atoms with E-state index in [1.807, 2.05) is 55.5 Å². The number of nitrogens with zero attached hydrogens (tertiary/aromatic N) is 3. The molecule has 0 radical (unpaired) electrons. The molecule has 2 aliphatic heterocycles. The van der Waals surface area contributed by atoms with E-state index in [0.717, 1.165) is 24.4 Å². The molecule has 1 saturated heterocycles. The molecule has 0 saturated carbocycles. The van der Waals surface area contributed by atoms with Gasteiger partial charge in [0.1, 0.15) is 18.1 Å². The third-order valence-electron chi connectivity index (χ3n) is 6.81. The fourth-order valence-corrected chi connectivity index (χ4v) is 5.11. The van der Waals surface area contributed by atoms with Crippen molar-refractivity contribution in [3.63, 3.8) is 0 Å². The topological polar surface area (TPSA) is 84.7 Å². The lowest BCUT2D eigenvalue weighted by Gasteiger charge is -2.31. The first-order chi connectivity index (χ1) is 19.0. The number of amides is 2. The van der Waals surface area contributed by atoms with Gasteiger partial charge in [0, 0.05) is 37.2 Å². The van der Waals surface area contributed by atoms with Gasteiger partial charge < -0.3 is 28.4 Å². The highest BCUT2D eigenvalue weighted by Gasteiger charge is 2.26. The molecule has 2 amide bonds. The molecule has 1 aromatic heterocycles. The summed E-state index contributed by atoms with van der Waals surface area (Å²) in [5, 5.41) is 0. The minimum atomic E-state index is -0.194. The highest BCUT2D eigenvalue weighted by Crippen LogP contribution is 2.33. The van der Waals surface area contributed by atoms with Gasteiger partial charge in [0.25, 0.3) is 5.91 Å². The van der Waals surface area contributed by atoms with E-state index in [4.69, 9.17) is 18.6 Å². The molecule has 0 spiro atoms.